The van der Waals surface area contributed by atoms with Crippen LogP contribution in [0.5, 0.6) is 0 Å². The number of rotatable bonds is 5. The number of carboxylic acid groups (broad SMARTS) is 2. The van der Waals surface area contributed by atoms with E-state index in [1.807, 2.05) is 13.2 Å². The molecule has 0 bridgehead atoms. The molecule has 1 unspecified atom stereocenters. The molecule has 224 valence electrons. The Labute approximate surface area is 221 Å². The Morgan fingerprint density at radius 2 is 1.59 bits per heavy atom. The minimum absolute atomic E-state index is 0.421. The summed E-state index contributed by atoms with van der Waals surface area (Å²) in [5.74, 6) is -3.79. The first-order valence-electron chi connectivity index (χ1n) is 12.3. The quantitative estimate of drug-likeness (QED) is 0.505. The van der Waals surface area contributed by atoms with Gasteiger partial charge in [-0.15, -0.1) is 0 Å². The van der Waals surface area contributed by atoms with Crippen molar-refractivity contribution in [3.8, 4) is 0 Å². The van der Waals surface area contributed by atoms with Crippen LogP contribution in [0.4, 0.5) is 26.3 Å². The molecule has 0 aromatic carbocycles. The molecule has 1 aromatic heterocycles. The highest BCUT2D eigenvalue weighted by atomic mass is 19.4. The van der Waals surface area contributed by atoms with Gasteiger partial charge >= 0.3 is 24.3 Å². The number of piperidine rings is 1. The van der Waals surface area contributed by atoms with Crippen molar-refractivity contribution in [1.82, 2.24) is 9.80 Å². The van der Waals surface area contributed by atoms with Crippen LogP contribution < -0.4 is 0 Å². The Hall–Kier alpha value is -2.36. The summed E-state index contributed by atoms with van der Waals surface area (Å²) in [6, 6.07) is 4.82. The summed E-state index contributed by atoms with van der Waals surface area (Å²) in [6.07, 6.45) is -3.38. The molecule has 2 N–H and O–H groups in total. The highest BCUT2D eigenvalue weighted by molar-refractivity contribution is 5.73. The third kappa shape index (κ3) is 10.3. The summed E-state index contributed by atoms with van der Waals surface area (Å²) in [4.78, 5) is 23.1. The van der Waals surface area contributed by atoms with Crippen molar-refractivity contribution in [1.29, 1.82) is 0 Å². The summed E-state index contributed by atoms with van der Waals surface area (Å²) in [5.41, 5.74) is 0.421. The molecule has 9 nitrogen and oxygen atoms in total. The van der Waals surface area contributed by atoms with Crippen LogP contribution in [0.25, 0.3) is 0 Å². The van der Waals surface area contributed by atoms with Crippen LogP contribution in [0.15, 0.2) is 22.8 Å². The van der Waals surface area contributed by atoms with Crippen LogP contribution in [-0.4, -0.2) is 103 Å². The van der Waals surface area contributed by atoms with E-state index in [0.29, 0.717) is 11.3 Å². The highest BCUT2D eigenvalue weighted by Gasteiger charge is 2.48. The van der Waals surface area contributed by atoms with Gasteiger partial charge in [0, 0.05) is 45.4 Å². The minimum atomic E-state index is -5.08. The molecule has 3 saturated heterocycles. The van der Waals surface area contributed by atoms with Gasteiger partial charge in [0.1, 0.15) is 5.76 Å². The number of nitrogens with zero attached hydrogens (tertiary/aromatic N) is 2. The van der Waals surface area contributed by atoms with Crippen LogP contribution >= 0.6 is 0 Å². The number of likely N-dealkylation sites (tertiary alicyclic amines) is 2. The fourth-order valence-corrected chi connectivity index (χ4v) is 5.27. The Bertz CT molecular complexity index is 857. The summed E-state index contributed by atoms with van der Waals surface area (Å²) >= 11 is 0. The molecule has 1 spiro atoms. The normalized spacial score (nSPS) is 22.5. The van der Waals surface area contributed by atoms with Gasteiger partial charge in [0.15, 0.2) is 0 Å². The molecule has 1 atom stereocenters. The van der Waals surface area contributed by atoms with Gasteiger partial charge in [0.25, 0.3) is 0 Å². The molecule has 3 aliphatic heterocycles. The second-order valence-corrected chi connectivity index (χ2v) is 9.75. The fraction of sp³-hybridized carbons (Fsp3) is 0.750. The first-order chi connectivity index (χ1) is 18.2. The number of hydrogen-bond acceptors (Lipinski definition) is 7. The van der Waals surface area contributed by atoms with Crippen molar-refractivity contribution in [2.45, 2.75) is 50.6 Å². The number of halogens is 6. The first kappa shape index (κ1) is 32.8. The molecule has 4 rings (SSSR count). The van der Waals surface area contributed by atoms with Crippen molar-refractivity contribution in [2.75, 3.05) is 53.1 Å². The number of ether oxygens (including phenoxy) is 2. The number of hydrogen-bond donors (Lipinski definition) is 2. The maximum atomic E-state index is 10.6. The van der Waals surface area contributed by atoms with E-state index in [9.17, 15) is 26.3 Å². The van der Waals surface area contributed by atoms with Crippen molar-refractivity contribution in [3.63, 3.8) is 0 Å². The van der Waals surface area contributed by atoms with Crippen LogP contribution in [0.1, 0.15) is 31.4 Å². The topological polar surface area (TPSA) is 113 Å². The van der Waals surface area contributed by atoms with Crippen molar-refractivity contribution >= 4 is 11.9 Å². The van der Waals surface area contributed by atoms with E-state index in [1.54, 1.807) is 6.26 Å². The van der Waals surface area contributed by atoms with Gasteiger partial charge in [-0.05, 0) is 56.3 Å². The predicted molar refractivity (Wildman–Crippen MR) is 124 cm³/mol. The Balaban J connectivity index is 0.000000317. The number of carbonyl (C=O) groups is 2. The molecular weight excluding hydrogens is 542 g/mol. The molecule has 3 fully saturated rings. The van der Waals surface area contributed by atoms with E-state index in [2.05, 4.69) is 15.9 Å². The van der Waals surface area contributed by atoms with Gasteiger partial charge in [0.05, 0.1) is 19.4 Å². The Morgan fingerprint density at radius 1 is 1.05 bits per heavy atom. The van der Waals surface area contributed by atoms with Crippen LogP contribution in [0, 0.1) is 11.3 Å². The zero-order chi connectivity index (χ0) is 29.3. The lowest BCUT2D eigenvalue weighted by molar-refractivity contribution is -0.193. The number of aliphatic carboxylic acids is 2. The number of carboxylic acids is 2. The van der Waals surface area contributed by atoms with Gasteiger partial charge in [-0.25, -0.2) is 9.59 Å². The van der Waals surface area contributed by atoms with Crippen LogP contribution in [0.3, 0.4) is 0 Å². The summed E-state index contributed by atoms with van der Waals surface area (Å²) < 4.78 is 80.2. The van der Waals surface area contributed by atoms with E-state index in [1.165, 1.54) is 45.3 Å². The summed E-state index contributed by atoms with van der Waals surface area (Å²) in [5, 5.41) is 14.2. The largest absolute Gasteiger partial charge is 0.490 e. The predicted octanol–water partition coefficient (Wildman–Crippen LogP) is 3.89. The summed E-state index contributed by atoms with van der Waals surface area (Å²) in [7, 11) is 1.85. The molecule has 0 amide bonds. The molecule has 4 heterocycles. The Kier molecular flexibility index (Phi) is 12.1. The lowest BCUT2D eigenvalue weighted by atomic mass is 9.71. The van der Waals surface area contributed by atoms with E-state index in [-0.39, 0.29) is 0 Å². The van der Waals surface area contributed by atoms with Gasteiger partial charge in [-0.2, -0.15) is 26.3 Å². The average molecular weight is 577 g/mol. The van der Waals surface area contributed by atoms with Gasteiger partial charge in [0.2, 0.25) is 0 Å². The fourth-order valence-electron chi connectivity index (χ4n) is 5.27. The molecule has 1 aromatic rings. The van der Waals surface area contributed by atoms with E-state index in [0.717, 1.165) is 44.7 Å². The summed E-state index contributed by atoms with van der Waals surface area (Å²) in [6.45, 7) is 8.48. The van der Waals surface area contributed by atoms with E-state index < -0.39 is 24.3 Å². The standard InChI is InChI=1S/C20H32N2O3.2C2HF3O2/c1-23-15-17-13-21(14-19-3-2-10-25-19)16-20(17)6-8-22(9-7-20)18-4-11-24-12-5-18;2*3-2(4,5)1(6)7/h2-3,10,17-18H,4-9,11-16H2,1H3;2*(H,6,7). The van der Waals surface area contributed by atoms with Gasteiger partial charge < -0.3 is 29.0 Å². The van der Waals surface area contributed by atoms with Crippen molar-refractivity contribution < 1.29 is 60.0 Å². The van der Waals surface area contributed by atoms with Crippen molar-refractivity contribution in [3.05, 3.63) is 24.2 Å². The van der Waals surface area contributed by atoms with Crippen LogP contribution in [0.2, 0.25) is 0 Å². The zero-order valence-corrected chi connectivity index (χ0v) is 21.5. The third-order valence-electron chi connectivity index (χ3n) is 7.20. The first-order valence-corrected chi connectivity index (χ1v) is 12.3. The van der Waals surface area contributed by atoms with Gasteiger partial charge in [-0.3, -0.25) is 4.90 Å². The van der Waals surface area contributed by atoms with E-state index in [4.69, 9.17) is 33.7 Å². The highest BCUT2D eigenvalue weighted by Crippen LogP contribution is 2.45. The van der Waals surface area contributed by atoms with Crippen LogP contribution in [-0.2, 0) is 25.6 Å². The molecule has 39 heavy (non-hydrogen) atoms. The third-order valence-corrected chi connectivity index (χ3v) is 7.20. The molecular formula is C24H34F6N2O7. The lowest BCUT2D eigenvalue weighted by Crippen LogP contribution is -2.49. The minimum Gasteiger partial charge on any atom is -0.475 e. The number of furan rings is 1. The molecule has 0 aliphatic carbocycles. The Morgan fingerprint density at radius 3 is 2.03 bits per heavy atom. The maximum absolute atomic E-state index is 10.6. The van der Waals surface area contributed by atoms with Gasteiger partial charge in [-0.1, -0.05) is 0 Å². The van der Waals surface area contributed by atoms with E-state index >= 15 is 0 Å². The average Bonchev–Trinajstić information content (AvgIpc) is 3.48. The molecule has 0 saturated carbocycles. The number of methoxy groups -OCH3 is 1. The monoisotopic (exact) mass is 576 g/mol. The zero-order valence-electron chi connectivity index (χ0n) is 21.5. The van der Waals surface area contributed by atoms with Crippen molar-refractivity contribution in [2.24, 2.45) is 11.3 Å². The molecule has 3 aliphatic rings. The maximum Gasteiger partial charge on any atom is 0.490 e. The second-order valence-electron chi connectivity index (χ2n) is 9.75. The number of alkyl halides is 6. The molecule has 0 radical (unpaired) electrons. The SMILES string of the molecule is COCC1CN(Cc2ccco2)CC12CCN(C1CCOCC1)CC2.O=C(O)C(F)(F)F.O=C(O)C(F)(F)F. The second kappa shape index (κ2) is 14.3. The smallest absolute Gasteiger partial charge is 0.475 e. The lowest BCUT2D eigenvalue weighted by Gasteiger charge is -2.46. The molecule has 15 heteroatoms.